The molecule has 2 aromatic carbocycles. The molecule has 3 heterocycles. The highest BCUT2D eigenvalue weighted by atomic mass is 19.4. The van der Waals surface area contributed by atoms with E-state index in [-0.39, 0.29) is 17.5 Å². The smallest absolute Gasteiger partial charge is 0.489 e. The van der Waals surface area contributed by atoms with Crippen LogP contribution in [0.5, 0.6) is 11.5 Å². The molecule has 1 aliphatic heterocycles. The second-order valence-corrected chi connectivity index (χ2v) is 8.37. The Hall–Kier alpha value is -3.79. The number of benzene rings is 2. The normalized spacial score (nSPS) is 16.6. The van der Waals surface area contributed by atoms with Gasteiger partial charge in [-0.15, -0.1) is 18.3 Å². The third-order valence-corrected chi connectivity index (χ3v) is 5.90. The van der Waals surface area contributed by atoms with E-state index in [1.807, 2.05) is 30.3 Å². The van der Waals surface area contributed by atoms with E-state index in [0.717, 1.165) is 25.3 Å². The molecule has 7 nitrogen and oxygen atoms in total. The summed E-state index contributed by atoms with van der Waals surface area (Å²) >= 11 is 0. The predicted octanol–water partition coefficient (Wildman–Crippen LogP) is 4.21. The molecule has 2 aromatic heterocycles. The molecular formula is C25H23F3N4O3. The van der Waals surface area contributed by atoms with Crippen molar-refractivity contribution >= 4 is 5.65 Å². The molecular weight excluding hydrogens is 461 g/mol. The summed E-state index contributed by atoms with van der Waals surface area (Å²) in [5.74, 6) is 0.555. The molecule has 0 aliphatic carbocycles. The van der Waals surface area contributed by atoms with Crippen molar-refractivity contribution in [1.82, 2.24) is 19.1 Å². The Morgan fingerprint density at radius 2 is 1.66 bits per heavy atom. The maximum Gasteiger partial charge on any atom is 0.573 e. The molecule has 5 rings (SSSR count). The number of aromatic nitrogens is 3. The van der Waals surface area contributed by atoms with Crippen LogP contribution < -0.4 is 15.2 Å². The molecule has 182 valence electrons. The van der Waals surface area contributed by atoms with Crippen LogP contribution in [0.1, 0.15) is 6.42 Å². The third-order valence-electron chi connectivity index (χ3n) is 5.90. The maximum atomic E-state index is 12.9. The largest absolute Gasteiger partial charge is 0.573 e. The molecule has 1 atom stereocenters. The van der Waals surface area contributed by atoms with Gasteiger partial charge in [0, 0.05) is 25.8 Å². The number of fused-ring (bicyclic) bond motifs is 1. The summed E-state index contributed by atoms with van der Waals surface area (Å²) in [4.78, 5) is 15.2. The zero-order chi connectivity index (χ0) is 24.4. The highest BCUT2D eigenvalue weighted by molar-refractivity contribution is 5.65. The molecule has 35 heavy (non-hydrogen) atoms. The minimum absolute atomic E-state index is 0.116. The molecule has 1 saturated heterocycles. The van der Waals surface area contributed by atoms with Crippen molar-refractivity contribution in [3.8, 4) is 22.6 Å². The SMILES string of the molecule is O=c1n(CCN2CCC(Oc3ccccc3)C2)nc2ccc(-c3ccc(OC(F)(F)F)cc3)cn12. The molecule has 0 bridgehead atoms. The lowest BCUT2D eigenvalue weighted by Gasteiger charge is -2.16. The van der Waals surface area contributed by atoms with Crippen molar-refractivity contribution in [3.05, 3.63) is 83.4 Å². The van der Waals surface area contributed by atoms with Gasteiger partial charge in [-0.1, -0.05) is 30.3 Å². The molecule has 4 aromatic rings. The average Bonchev–Trinajstić information content (AvgIpc) is 3.41. The summed E-state index contributed by atoms with van der Waals surface area (Å²) in [6.45, 7) is 2.79. The molecule has 0 radical (unpaired) electrons. The van der Waals surface area contributed by atoms with E-state index >= 15 is 0 Å². The van der Waals surface area contributed by atoms with Crippen LogP contribution in [0.4, 0.5) is 13.2 Å². The van der Waals surface area contributed by atoms with E-state index < -0.39 is 6.36 Å². The van der Waals surface area contributed by atoms with Gasteiger partial charge in [0.05, 0.1) is 6.54 Å². The average molecular weight is 484 g/mol. The fourth-order valence-corrected chi connectivity index (χ4v) is 4.21. The van der Waals surface area contributed by atoms with Crippen LogP contribution in [-0.2, 0) is 6.54 Å². The second kappa shape index (κ2) is 9.46. The molecule has 10 heteroatoms. The fourth-order valence-electron chi connectivity index (χ4n) is 4.21. The van der Waals surface area contributed by atoms with E-state index in [1.165, 1.54) is 33.3 Å². The Morgan fingerprint density at radius 1 is 0.914 bits per heavy atom. The van der Waals surface area contributed by atoms with E-state index in [1.54, 1.807) is 18.3 Å². The zero-order valence-corrected chi connectivity index (χ0v) is 18.7. The Kier molecular flexibility index (Phi) is 6.21. The van der Waals surface area contributed by atoms with E-state index in [0.29, 0.717) is 29.9 Å². The molecule has 0 saturated carbocycles. The van der Waals surface area contributed by atoms with Crippen molar-refractivity contribution in [3.63, 3.8) is 0 Å². The number of rotatable bonds is 7. The standard InChI is InChI=1S/C25H23F3N4O3/c26-25(27,28)35-21-9-6-18(7-10-21)19-8-11-23-29-32(24(33)31(23)16-19)15-14-30-13-12-22(17-30)34-20-4-2-1-3-5-20/h1-11,16,22H,12-15,17H2. The van der Waals surface area contributed by atoms with Gasteiger partial charge in [0.1, 0.15) is 17.6 Å². The summed E-state index contributed by atoms with van der Waals surface area (Å²) in [6.07, 6.45) is -2.07. The molecule has 0 N–H and O–H groups in total. The van der Waals surface area contributed by atoms with Crippen molar-refractivity contribution in [2.75, 3.05) is 19.6 Å². The van der Waals surface area contributed by atoms with Crippen LogP contribution in [0.15, 0.2) is 77.7 Å². The van der Waals surface area contributed by atoms with Crippen molar-refractivity contribution in [1.29, 1.82) is 0 Å². The van der Waals surface area contributed by atoms with Crippen LogP contribution in [0, 0.1) is 0 Å². The van der Waals surface area contributed by atoms with Gasteiger partial charge in [-0.05, 0) is 53.9 Å². The van der Waals surface area contributed by atoms with Crippen LogP contribution in [-0.4, -0.2) is 51.2 Å². The van der Waals surface area contributed by atoms with Gasteiger partial charge in [-0.3, -0.25) is 4.90 Å². The number of pyridine rings is 1. The van der Waals surface area contributed by atoms with Crippen LogP contribution in [0.3, 0.4) is 0 Å². The molecule has 1 aliphatic rings. The first-order valence-electron chi connectivity index (χ1n) is 11.2. The van der Waals surface area contributed by atoms with Gasteiger partial charge >= 0.3 is 12.1 Å². The minimum Gasteiger partial charge on any atom is -0.489 e. The molecule has 1 unspecified atom stereocenters. The Morgan fingerprint density at radius 3 is 2.40 bits per heavy atom. The third kappa shape index (κ3) is 5.48. The highest BCUT2D eigenvalue weighted by Crippen LogP contribution is 2.26. The number of para-hydroxylation sites is 1. The van der Waals surface area contributed by atoms with Crippen molar-refractivity contribution in [2.45, 2.75) is 25.4 Å². The summed E-state index contributed by atoms with van der Waals surface area (Å²) in [5.41, 5.74) is 1.57. The first-order chi connectivity index (χ1) is 16.8. The van der Waals surface area contributed by atoms with Gasteiger partial charge in [0.2, 0.25) is 0 Å². The van der Waals surface area contributed by atoms with Crippen LogP contribution >= 0.6 is 0 Å². The number of halogens is 3. The van der Waals surface area contributed by atoms with Gasteiger partial charge in [-0.2, -0.15) is 0 Å². The van der Waals surface area contributed by atoms with Gasteiger partial charge in [0.25, 0.3) is 0 Å². The fraction of sp³-hybridized carbons (Fsp3) is 0.280. The van der Waals surface area contributed by atoms with Gasteiger partial charge < -0.3 is 9.47 Å². The van der Waals surface area contributed by atoms with E-state index in [2.05, 4.69) is 14.7 Å². The van der Waals surface area contributed by atoms with E-state index in [4.69, 9.17) is 4.74 Å². The zero-order valence-electron chi connectivity index (χ0n) is 18.7. The molecule has 0 spiro atoms. The lowest BCUT2D eigenvalue weighted by Crippen LogP contribution is -2.31. The maximum absolute atomic E-state index is 12.9. The summed E-state index contributed by atoms with van der Waals surface area (Å²) < 4.78 is 49.9. The number of hydrogen-bond acceptors (Lipinski definition) is 5. The number of ether oxygens (including phenoxy) is 2. The Balaban J connectivity index is 1.23. The topological polar surface area (TPSA) is 61.0 Å². The Bertz CT molecular complexity index is 1350. The Labute approximate surface area is 198 Å². The van der Waals surface area contributed by atoms with Crippen LogP contribution in [0.25, 0.3) is 16.8 Å². The highest BCUT2D eigenvalue weighted by Gasteiger charge is 2.31. The molecule has 0 amide bonds. The van der Waals surface area contributed by atoms with Crippen molar-refractivity contribution in [2.24, 2.45) is 0 Å². The summed E-state index contributed by atoms with van der Waals surface area (Å²) in [6, 6.07) is 18.7. The first kappa shape index (κ1) is 23.0. The van der Waals surface area contributed by atoms with Crippen molar-refractivity contribution < 1.29 is 22.6 Å². The summed E-state index contributed by atoms with van der Waals surface area (Å²) in [5, 5.41) is 4.41. The monoisotopic (exact) mass is 484 g/mol. The summed E-state index contributed by atoms with van der Waals surface area (Å²) in [7, 11) is 0. The quantitative estimate of drug-likeness (QED) is 0.393. The molecule has 1 fully saturated rings. The minimum atomic E-state index is -4.74. The second-order valence-electron chi connectivity index (χ2n) is 8.37. The number of nitrogens with zero attached hydrogens (tertiary/aromatic N) is 4. The number of alkyl halides is 3. The van der Waals surface area contributed by atoms with Crippen LogP contribution in [0.2, 0.25) is 0 Å². The van der Waals surface area contributed by atoms with Gasteiger partial charge in [-0.25, -0.2) is 13.9 Å². The number of likely N-dealkylation sites (tertiary alicyclic amines) is 1. The lowest BCUT2D eigenvalue weighted by atomic mass is 10.1. The lowest BCUT2D eigenvalue weighted by molar-refractivity contribution is -0.274. The van der Waals surface area contributed by atoms with E-state index in [9.17, 15) is 18.0 Å². The van der Waals surface area contributed by atoms with Gasteiger partial charge in [0.15, 0.2) is 5.65 Å². The first-order valence-corrected chi connectivity index (χ1v) is 11.2. The number of hydrogen-bond donors (Lipinski definition) is 0. The predicted molar refractivity (Wildman–Crippen MR) is 123 cm³/mol.